The molecule has 2 unspecified atom stereocenters. The van der Waals surface area contributed by atoms with Crippen molar-refractivity contribution in [2.24, 2.45) is 0 Å². The highest BCUT2D eigenvalue weighted by atomic mass is 32.2. The van der Waals surface area contributed by atoms with E-state index < -0.39 is 9.84 Å². The Labute approximate surface area is 98.6 Å². The molecule has 0 spiro atoms. The quantitative estimate of drug-likeness (QED) is 0.777. The second-order valence-corrected chi connectivity index (χ2v) is 7.16. The number of aliphatic hydroxyl groups excluding tert-OH is 1. The zero-order valence-corrected chi connectivity index (χ0v) is 11.0. The summed E-state index contributed by atoms with van der Waals surface area (Å²) in [6, 6.07) is 0.357. The van der Waals surface area contributed by atoms with Gasteiger partial charge in [-0.1, -0.05) is 6.42 Å². The van der Waals surface area contributed by atoms with Crippen molar-refractivity contribution in [1.29, 1.82) is 0 Å². The number of hydrogen-bond donors (Lipinski definition) is 1. The number of rotatable bonds is 5. The Morgan fingerprint density at radius 1 is 1.44 bits per heavy atom. The maximum atomic E-state index is 11.1. The summed E-state index contributed by atoms with van der Waals surface area (Å²) in [5.74, 6) is 0.226. The van der Waals surface area contributed by atoms with E-state index in [0.717, 1.165) is 25.8 Å². The molecule has 0 bridgehead atoms. The van der Waals surface area contributed by atoms with Gasteiger partial charge in [0.25, 0.3) is 0 Å². The summed E-state index contributed by atoms with van der Waals surface area (Å²) < 4.78 is 22.3. The van der Waals surface area contributed by atoms with E-state index in [2.05, 4.69) is 4.90 Å². The van der Waals surface area contributed by atoms with Crippen LogP contribution in [0.1, 0.15) is 32.6 Å². The average molecular weight is 249 g/mol. The maximum absolute atomic E-state index is 11.1. The number of likely N-dealkylation sites (tertiary alicyclic amines) is 1. The predicted molar refractivity (Wildman–Crippen MR) is 65.2 cm³/mol. The fourth-order valence-corrected chi connectivity index (χ4v) is 2.86. The molecule has 4 nitrogen and oxygen atoms in total. The van der Waals surface area contributed by atoms with Crippen LogP contribution in [-0.2, 0) is 9.84 Å². The Bertz CT molecular complexity index is 300. The Hall–Kier alpha value is -0.130. The Balaban J connectivity index is 2.47. The van der Waals surface area contributed by atoms with Gasteiger partial charge in [-0.05, 0) is 32.7 Å². The summed E-state index contributed by atoms with van der Waals surface area (Å²) in [6.07, 6.45) is 5.13. The van der Waals surface area contributed by atoms with Gasteiger partial charge in [0.15, 0.2) is 0 Å². The second-order valence-electron chi connectivity index (χ2n) is 4.90. The van der Waals surface area contributed by atoms with Gasteiger partial charge in [-0.15, -0.1) is 0 Å². The fraction of sp³-hybridized carbons (Fsp3) is 1.00. The molecule has 1 N–H and O–H groups in total. The SMILES string of the molecule is CC(O)CC1CCCCN1CCS(C)(=O)=O. The van der Waals surface area contributed by atoms with E-state index >= 15 is 0 Å². The van der Waals surface area contributed by atoms with E-state index in [9.17, 15) is 13.5 Å². The Kier molecular flexibility index (Phi) is 5.21. The molecule has 1 heterocycles. The molecule has 1 fully saturated rings. The van der Waals surface area contributed by atoms with Crippen molar-refractivity contribution in [1.82, 2.24) is 4.90 Å². The maximum Gasteiger partial charge on any atom is 0.148 e. The summed E-state index contributed by atoms with van der Waals surface area (Å²) in [4.78, 5) is 2.22. The molecule has 16 heavy (non-hydrogen) atoms. The molecule has 5 heteroatoms. The van der Waals surface area contributed by atoms with Crippen LogP contribution in [-0.4, -0.2) is 55.7 Å². The lowest BCUT2D eigenvalue weighted by Crippen LogP contribution is -2.43. The second kappa shape index (κ2) is 5.98. The molecule has 1 saturated heterocycles. The van der Waals surface area contributed by atoms with Crippen molar-refractivity contribution in [3.05, 3.63) is 0 Å². The number of piperidine rings is 1. The summed E-state index contributed by atoms with van der Waals surface area (Å²) in [6.45, 7) is 3.37. The minimum absolute atomic E-state index is 0.226. The summed E-state index contributed by atoms with van der Waals surface area (Å²) >= 11 is 0. The van der Waals surface area contributed by atoms with Crippen molar-refractivity contribution in [3.8, 4) is 0 Å². The summed E-state index contributed by atoms with van der Waals surface area (Å²) in [5, 5.41) is 9.41. The molecule has 1 aliphatic rings. The lowest BCUT2D eigenvalue weighted by atomic mass is 9.97. The van der Waals surface area contributed by atoms with Crippen LogP contribution in [0.2, 0.25) is 0 Å². The molecule has 1 rings (SSSR count). The van der Waals surface area contributed by atoms with Crippen molar-refractivity contribution in [2.75, 3.05) is 25.1 Å². The van der Waals surface area contributed by atoms with Crippen LogP contribution < -0.4 is 0 Å². The largest absolute Gasteiger partial charge is 0.393 e. The van der Waals surface area contributed by atoms with Gasteiger partial charge in [-0.2, -0.15) is 0 Å². The number of sulfone groups is 1. The van der Waals surface area contributed by atoms with E-state index in [-0.39, 0.29) is 11.9 Å². The first-order valence-electron chi connectivity index (χ1n) is 5.98. The zero-order valence-electron chi connectivity index (χ0n) is 10.2. The summed E-state index contributed by atoms with van der Waals surface area (Å²) in [5.41, 5.74) is 0. The van der Waals surface area contributed by atoms with Crippen molar-refractivity contribution >= 4 is 9.84 Å². The average Bonchev–Trinajstić information content (AvgIpc) is 2.14. The van der Waals surface area contributed by atoms with Crippen LogP contribution in [0.5, 0.6) is 0 Å². The van der Waals surface area contributed by atoms with Crippen LogP contribution >= 0.6 is 0 Å². The van der Waals surface area contributed by atoms with E-state index in [4.69, 9.17) is 0 Å². The Morgan fingerprint density at radius 2 is 2.12 bits per heavy atom. The normalized spacial score (nSPS) is 25.6. The van der Waals surface area contributed by atoms with E-state index in [1.807, 2.05) is 0 Å². The minimum Gasteiger partial charge on any atom is -0.393 e. The lowest BCUT2D eigenvalue weighted by molar-refractivity contribution is 0.0914. The van der Waals surface area contributed by atoms with Crippen LogP contribution in [0, 0.1) is 0 Å². The molecule has 0 saturated carbocycles. The molecule has 0 amide bonds. The van der Waals surface area contributed by atoms with Gasteiger partial charge in [0, 0.05) is 18.8 Å². The lowest BCUT2D eigenvalue weighted by Gasteiger charge is -2.36. The number of hydrogen-bond acceptors (Lipinski definition) is 4. The van der Waals surface area contributed by atoms with Crippen LogP contribution in [0.15, 0.2) is 0 Å². The molecule has 0 aromatic heterocycles. The molecular weight excluding hydrogens is 226 g/mol. The molecule has 96 valence electrons. The molecule has 2 atom stereocenters. The van der Waals surface area contributed by atoms with Crippen molar-refractivity contribution < 1.29 is 13.5 Å². The van der Waals surface area contributed by atoms with Gasteiger partial charge in [0.05, 0.1) is 11.9 Å². The van der Waals surface area contributed by atoms with Gasteiger partial charge >= 0.3 is 0 Å². The van der Waals surface area contributed by atoms with Crippen LogP contribution in [0.3, 0.4) is 0 Å². The third-order valence-electron chi connectivity index (χ3n) is 3.11. The first-order chi connectivity index (χ1) is 7.38. The molecule has 0 aromatic carbocycles. The van der Waals surface area contributed by atoms with Gasteiger partial charge in [-0.3, -0.25) is 4.90 Å². The molecular formula is C11H23NO3S. The highest BCUT2D eigenvalue weighted by Gasteiger charge is 2.24. The first-order valence-corrected chi connectivity index (χ1v) is 8.04. The van der Waals surface area contributed by atoms with Gasteiger partial charge in [0.1, 0.15) is 9.84 Å². The highest BCUT2D eigenvalue weighted by Crippen LogP contribution is 2.20. The molecule has 0 radical (unpaired) electrons. The standard InChI is InChI=1S/C11H23NO3S/c1-10(13)9-11-5-3-4-6-12(11)7-8-16(2,14)15/h10-11,13H,3-9H2,1-2H3. The van der Waals surface area contributed by atoms with Crippen molar-refractivity contribution in [2.45, 2.75) is 44.8 Å². The van der Waals surface area contributed by atoms with Gasteiger partial charge in [-0.25, -0.2) is 8.42 Å². The van der Waals surface area contributed by atoms with Crippen LogP contribution in [0.4, 0.5) is 0 Å². The fourth-order valence-electron chi connectivity index (χ4n) is 2.30. The zero-order chi connectivity index (χ0) is 12.2. The third-order valence-corrected chi connectivity index (χ3v) is 4.04. The highest BCUT2D eigenvalue weighted by molar-refractivity contribution is 7.90. The minimum atomic E-state index is -2.88. The van der Waals surface area contributed by atoms with E-state index in [1.165, 1.54) is 12.7 Å². The van der Waals surface area contributed by atoms with Gasteiger partial charge < -0.3 is 5.11 Å². The van der Waals surface area contributed by atoms with E-state index in [1.54, 1.807) is 6.92 Å². The van der Waals surface area contributed by atoms with Crippen LogP contribution in [0.25, 0.3) is 0 Å². The molecule has 0 aliphatic carbocycles. The van der Waals surface area contributed by atoms with Crippen molar-refractivity contribution in [3.63, 3.8) is 0 Å². The number of aliphatic hydroxyl groups is 1. The smallest absolute Gasteiger partial charge is 0.148 e. The Morgan fingerprint density at radius 3 is 2.69 bits per heavy atom. The van der Waals surface area contributed by atoms with E-state index in [0.29, 0.717) is 12.6 Å². The third kappa shape index (κ3) is 5.27. The first kappa shape index (κ1) is 13.9. The monoisotopic (exact) mass is 249 g/mol. The molecule has 1 aliphatic heterocycles. The topological polar surface area (TPSA) is 57.6 Å². The van der Waals surface area contributed by atoms with Gasteiger partial charge in [0.2, 0.25) is 0 Å². The number of nitrogens with zero attached hydrogens (tertiary/aromatic N) is 1. The predicted octanol–water partition coefficient (Wildman–Crippen LogP) is 0.656. The summed E-state index contributed by atoms with van der Waals surface area (Å²) in [7, 11) is -2.88. The molecule has 0 aromatic rings.